The maximum absolute atomic E-state index is 10.9. The summed E-state index contributed by atoms with van der Waals surface area (Å²) >= 11 is 0. The number of nitrogens with one attached hydrogen (secondary N) is 2. The molecule has 0 saturated heterocycles. The van der Waals surface area contributed by atoms with Crippen molar-refractivity contribution in [3.8, 4) is 0 Å². The summed E-state index contributed by atoms with van der Waals surface area (Å²) in [6, 6.07) is 0. The van der Waals surface area contributed by atoms with Crippen LogP contribution < -0.4 is 10.6 Å². The Hall–Kier alpha value is -1.58. The van der Waals surface area contributed by atoms with Crippen LogP contribution in [0.5, 0.6) is 0 Å². The maximum Gasteiger partial charge on any atom is 0.275 e. The summed E-state index contributed by atoms with van der Waals surface area (Å²) in [6.45, 7) is 0.611. The van der Waals surface area contributed by atoms with Crippen LogP contribution in [0.15, 0.2) is 23.4 Å². The quantitative estimate of drug-likeness (QED) is 0.438. The highest BCUT2D eigenvalue weighted by Crippen LogP contribution is 2.13. The number of dihydropyridines is 1. The van der Waals surface area contributed by atoms with E-state index in [0.717, 1.165) is 0 Å². The van der Waals surface area contributed by atoms with Crippen LogP contribution in [0.4, 0.5) is 0 Å². The molecular formula is C7H6N2O2. The molecule has 0 aromatic carbocycles. The van der Waals surface area contributed by atoms with Crippen molar-refractivity contribution in [1.29, 1.82) is 0 Å². The topological polar surface area (TPSA) is 58.2 Å². The SMILES string of the molecule is O=C1NC(=O)C2=C1C=CCN2. The summed E-state index contributed by atoms with van der Waals surface area (Å²) < 4.78 is 0. The highest BCUT2D eigenvalue weighted by molar-refractivity contribution is 6.20. The third-order valence-electron chi connectivity index (χ3n) is 1.65. The first-order chi connectivity index (χ1) is 5.29. The fourth-order valence-corrected chi connectivity index (χ4v) is 1.14. The Morgan fingerprint density at radius 1 is 1.27 bits per heavy atom. The molecule has 2 heterocycles. The number of imide groups is 1. The second-order valence-electron chi connectivity index (χ2n) is 2.36. The molecule has 0 aromatic rings. The van der Waals surface area contributed by atoms with E-state index in [4.69, 9.17) is 0 Å². The monoisotopic (exact) mass is 150 g/mol. The van der Waals surface area contributed by atoms with Gasteiger partial charge in [0.25, 0.3) is 11.8 Å². The number of carbonyl (C=O) groups excluding carboxylic acids is 2. The Labute approximate surface area is 63.0 Å². The largest absolute Gasteiger partial charge is 0.376 e. The second-order valence-corrected chi connectivity index (χ2v) is 2.36. The Morgan fingerprint density at radius 2 is 2.09 bits per heavy atom. The van der Waals surface area contributed by atoms with E-state index in [-0.39, 0.29) is 11.8 Å². The summed E-state index contributed by atoms with van der Waals surface area (Å²) in [4.78, 5) is 21.9. The first-order valence-electron chi connectivity index (χ1n) is 3.29. The molecule has 0 radical (unpaired) electrons. The number of carbonyl (C=O) groups is 2. The number of hydrogen-bond donors (Lipinski definition) is 2. The third kappa shape index (κ3) is 0.756. The van der Waals surface area contributed by atoms with Crippen molar-refractivity contribution >= 4 is 11.8 Å². The van der Waals surface area contributed by atoms with Gasteiger partial charge in [-0.05, 0) is 6.08 Å². The molecule has 0 saturated carbocycles. The molecule has 0 atom stereocenters. The van der Waals surface area contributed by atoms with Crippen molar-refractivity contribution in [3.05, 3.63) is 23.4 Å². The lowest BCUT2D eigenvalue weighted by atomic mass is 10.1. The molecule has 56 valence electrons. The van der Waals surface area contributed by atoms with Crippen LogP contribution in [0.1, 0.15) is 0 Å². The van der Waals surface area contributed by atoms with E-state index in [0.29, 0.717) is 17.8 Å². The molecule has 2 rings (SSSR count). The maximum atomic E-state index is 10.9. The highest BCUT2D eigenvalue weighted by Gasteiger charge is 2.29. The Bertz CT molecular complexity index is 302. The van der Waals surface area contributed by atoms with Crippen molar-refractivity contribution < 1.29 is 9.59 Å². The molecule has 0 fully saturated rings. The summed E-state index contributed by atoms with van der Waals surface area (Å²) in [5, 5.41) is 5.01. The molecule has 11 heavy (non-hydrogen) atoms. The first kappa shape index (κ1) is 6.15. The number of hydrogen-bond acceptors (Lipinski definition) is 3. The van der Waals surface area contributed by atoms with Gasteiger partial charge < -0.3 is 5.32 Å². The van der Waals surface area contributed by atoms with Crippen molar-refractivity contribution in [2.45, 2.75) is 0 Å². The molecule has 0 spiro atoms. The van der Waals surface area contributed by atoms with Crippen LogP contribution in [0.3, 0.4) is 0 Å². The molecule has 0 aliphatic carbocycles. The lowest BCUT2D eigenvalue weighted by Crippen LogP contribution is -2.27. The summed E-state index contributed by atoms with van der Waals surface area (Å²) in [6.07, 6.45) is 3.46. The van der Waals surface area contributed by atoms with Gasteiger partial charge in [0, 0.05) is 6.54 Å². The molecule has 2 aliphatic heterocycles. The van der Waals surface area contributed by atoms with Gasteiger partial charge in [0.1, 0.15) is 5.70 Å². The molecule has 0 aromatic heterocycles. The van der Waals surface area contributed by atoms with Crippen LogP contribution in [-0.2, 0) is 9.59 Å². The van der Waals surface area contributed by atoms with E-state index >= 15 is 0 Å². The standard InChI is InChI=1S/C7H6N2O2/c10-6-4-2-1-3-8-5(4)7(11)9-6/h1-2,8H,3H2,(H,9,10,11). The second kappa shape index (κ2) is 1.95. The van der Waals surface area contributed by atoms with Crippen LogP contribution in [0, 0.1) is 0 Å². The Morgan fingerprint density at radius 3 is 2.82 bits per heavy atom. The average Bonchev–Trinajstić information content (AvgIpc) is 2.30. The summed E-state index contributed by atoms with van der Waals surface area (Å²) in [7, 11) is 0. The molecule has 2 aliphatic rings. The molecule has 2 N–H and O–H groups in total. The van der Waals surface area contributed by atoms with Crippen molar-refractivity contribution in [1.82, 2.24) is 10.6 Å². The predicted octanol–water partition coefficient (Wildman–Crippen LogP) is -0.944. The van der Waals surface area contributed by atoms with E-state index in [1.807, 2.05) is 0 Å². The Kier molecular flexibility index (Phi) is 1.09. The fraction of sp³-hybridized carbons (Fsp3) is 0.143. The molecule has 0 unspecified atom stereocenters. The van der Waals surface area contributed by atoms with Crippen LogP contribution in [0.25, 0.3) is 0 Å². The summed E-state index contributed by atoms with van der Waals surface area (Å²) in [5.74, 6) is -0.636. The molecule has 4 nitrogen and oxygen atoms in total. The van der Waals surface area contributed by atoms with E-state index in [1.54, 1.807) is 12.2 Å². The van der Waals surface area contributed by atoms with Gasteiger partial charge in [-0.2, -0.15) is 0 Å². The lowest BCUT2D eigenvalue weighted by Gasteiger charge is -2.05. The minimum Gasteiger partial charge on any atom is -0.376 e. The van der Waals surface area contributed by atoms with Crippen molar-refractivity contribution in [2.75, 3.05) is 6.54 Å². The number of amides is 2. The highest BCUT2D eigenvalue weighted by atomic mass is 16.2. The molecule has 0 bridgehead atoms. The lowest BCUT2D eigenvalue weighted by molar-refractivity contribution is -0.124. The van der Waals surface area contributed by atoms with E-state index in [2.05, 4.69) is 10.6 Å². The van der Waals surface area contributed by atoms with Gasteiger partial charge in [-0.1, -0.05) is 6.08 Å². The van der Waals surface area contributed by atoms with E-state index in [1.165, 1.54) is 0 Å². The smallest absolute Gasteiger partial charge is 0.275 e. The first-order valence-corrected chi connectivity index (χ1v) is 3.29. The fourth-order valence-electron chi connectivity index (χ4n) is 1.14. The van der Waals surface area contributed by atoms with Gasteiger partial charge in [-0.25, -0.2) is 0 Å². The van der Waals surface area contributed by atoms with Gasteiger partial charge >= 0.3 is 0 Å². The van der Waals surface area contributed by atoms with Crippen LogP contribution >= 0.6 is 0 Å². The van der Waals surface area contributed by atoms with Crippen molar-refractivity contribution in [3.63, 3.8) is 0 Å². The third-order valence-corrected chi connectivity index (χ3v) is 1.65. The zero-order valence-electron chi connectivity index (χ0n) is 5.68. The average molecular weight is 150 g/mol. The van der Waals surface area contributed by atoms with Gasteiger partial charge in [-0.15, -0.1) is 0 Å². The molecule has 2 amide bonds. The normalized spacial score (nSPS) is 21.5. The van der Waals surface area contributed by atoms with Crippen molar-refractivity contribution in [2.24, 2.45) is 0 Å². The Balaban J connectivity index is 2.49. The minimum atomic E-state index is -0.325. The molecule has 4 heteroatoms. The van der Waals surface area contributed by atoms with Crippen LogP contribution in [-0.4, -0.2) is 18.4 Å². The van der Waals surface area contributed by atoms with E-state index in [9.17, 15) is 9.59 Å². The van der Waals surface area contributed by atoms with Crippen LogP contribution in [0.2, 0.25) is 0 Å². The van der Waals surface area contributed by atoms with E-state index < -0.39 is 0 Å². The minimum absolute atomic E-state index is 0.312. The van der Waals surface area contributed by atoms with Gasteiger partial charge in [0.2, 0.25) is 0 Å². The summed E-state index contributed by atoms with van der Waals surface area (Å²) in [5.41, 5.74) is 0.846. The zero-order chi connectivity index (χ0) is 7.84. The van der Waals surface area contributed by atoms with Gasteiger partial charge in [0.05, 0.1) is 5.57 Å². The van der Waals surface area contributed by atoms with Gasteiger partial charge in [-0.3, -0.25) is 14.9 Å². The van der Waals surface area contributed by atoms with Gasteiger partial charge in [0.15, 0.2) is 0 Å². The zero-order valence-corrected chi connectivity index (χ0v) is 5.68. The predicted molar refractivity (Wildman–Crippen MR) is 37.3 cm³/mol. The number of rotatable bonds is 0. The molecular weight excluding hydrogens is 144 g/mol.